The average molecular weight is 544 g/mol. The number of urea groups is 1. The van der Waals surface area contributed by atoms with Crippen molar-refractivity contribution >= 4 is 35.6 Å². The van der Waals surface area contributed by atoms with Crippen LogP contribution in [-0.4, -0.2) is 83.7 Å². The van der Waals surface area contributed by atoms with E-state index >= 15 is 0 Å². The Morgan fingerprint density at radius 1 is 0.923 bits per heavy atom. The number of hydrogen-bond donors (Lipinski definition) is 5. The van der Waals surface area contributed by atoms with Crippen molar-refractivity contribution in [3.63, 3.8) is 0 Å². The number of primary amides is 1. The lowest BCUT2D eigenvalue weighted by Crippen LogP contribution is -2.57. The monoisotopic (exact) mass is 543 g/mol. The van der Waals surface area contributed by atoms with Crippen molar-refractivity contribution < 1.29 is 28.8 Å². The molecule has 7 amide bonds. The van der Waals surface area contributed by atoms with E-state index in [-0.39, 0.29) is 6.03 Å². The number of rotatable bonds is 11. The molecule has 1 aliphatic heterocycles. The van der Waals surface area contributed by atoms with Crippen molar-refractivity contribution in [2.45, 2.75) is 51.6 Å². The molecule has 0 unspecified atom stereocenters. The summed E-state index contributed by atoms with van der Waals surface area (Å²) in [6.45, 7) is 3.78. The average Bonchev–Trinajstić information content (AvgIpc) is 2.91. The number of carbonyl (C=O) groups excluding carboxylic acids is 6. The van der Waals surface area contributed by atoms with E-state index in [2.05, 4.69) is 21.4 Å². The summed E-state index contributed by atoms with van der Waals surface area (Å²) in [5, 5.41) is 8.33. The molecule has 212 valence electrons. The molecule has 13 heteroatoms. The van der Waals surface area contributed by atoms with Gasteiger partial charge in [0.2, 0.25) is 17.7 Å². The molecule has 0 aromatic heterocycles. The van der Waals surface area contributed by atoms with Crippen LogP contribution in [0.1, 0.15) is 38.7 Å². The van der Waals surface area contributed by atoms with Crippen molar-refractivity contribution in [3.05, 3.63) is 48.0 Å². The minimum absolute atomic E-state index is 0.344. The molecule has 1 aliphatic rings. The van der Waals surface area contributed by atoms with Gasteiger partial charge in [0, 0.05) is 31.8 Å². The Hall–Kier alpha value is -4.42. The van der Waals surface area contributed by atoms with Gasteiger partial charge in [0.25, 0.3) is 11.8 Å². The van der Waals surface area contributed by atoms with E-state index < -0.39 is 48.2 Å². The predicted molar refractivity (Wildman–Crippen MR) is 142 cm³/mol. The lowest BCUT2D eigenvalue weighted by atomic mass is 10.1. The number of nitrogens with one attached hydrogen (secondary N) is 4. The molecule has 0 bridgehead atoms. The standard InChI is InChI=1S/C26H37N7O6/c1-18(30-26(39)32-15-7-4-8-16-32)24(37)29-19(2)25(38)31-33(17-21(27)34)23(36)12-11-22(35)28-14-13-20-9-5-3-6-10-20/h3,5-6,9-12,18-19H,4,7-8,13-17H2,1-2H3,(H2,27,34)(H,28,35)(H,29,37)(H,30,39)(H,31,38)/b12-11+/t18-,19+/m1/s1. The Bertz CT molecular complexity index is 1060. The molecule has 2 atom stereocenters. The molecule has 1 heterocycles. The lowest BCUT2D eigenvalue weighted by molar-refractivity contribution is -0.142. The molecule has 0 saturated carbocycles. The van der Waals surface area contributed by atoms with Crippen LogP contribution in [0, 0.1) is 0 Å². The van der Waals surface area contributed by atoms with Crippen molar-refractivity contribution in [3.8, 4) is 0 Å². The number of benzene rings is 1. The van der Waals surface area contributed by atoms with Crippen LogP contribution in [0.5, 0.6) is 0 Å². The Balaban J connectivity index is 1.84. The molecule has 0 aliphatic carbocycles. The van der Waals surface area contributed by atoms with Crippen LogP contribution in [0.25, 0.3) is 0 Å². The zero-order chi connectivity index (χ0) is 28.8. The molecule has 13 nitrogen and oxygen atoms in total. The fourth-order valence-corrected chi connectivity index (χ4v) is 3.67. The summed E-state index contributed by atoms with van der Waals surface area (Å²) in [5.74, 6) is -3.74. The highest BCUT2D eigenvalue weighted by Crippen LogP contribution is 2.08. The van der Waals surface area contributed by atoms with Crippen molar-refractivity contribution in [1.82, 2.24) is 31.3 Å². The zero-order valence-electron chi connectivity index (χ0n) is 22.3. The van der Waals surface area contributed by atoms with E-state index in [4.69, 9.17) is 5.73 Å². The first kappa shape index (κ1) is 30.8. The topological polar surface area (TPSA) is 183 Å². The summed E-state index contributed by atoms with van der Waals surface area (Å²) >= 11 is 0. The Morgan fingerprint density at radius 2 is 1.56 bits per heavy atom. The molecule has 0 radical (unpaired) electrons. The Kier molecular flexibility index (Phi) is 12.4. The van der Waals surface area contributed by atoms with Gasteiger partial charge in [-0.15, -0.1) is 0 Å². The minimum Gasteiger partial charge on any atom is -0.368 e. The molecule has 1 aromatic carbocycles. The van der Waals surface area contributed by atoms with E-state index in [1.54, 1.807) is 4.90 Å². The molecule has 1 fully saturated rings. The quantitative estimate of drug-likeness (QED) is 0.182. The second kappa shape index (κ2) is 15.7. The Labute approximate surface area is 227 Å². The number of hydrazine groups is 1. The minimum atomic E-state index is -1.12. The number of nitrogens with zero attached hydrogens (tertiary/aromatic N) is 2. The summed E-state index contributed by atoms with van der Waals surface area (Å²) in [7, 11) is 0. The summed E-state index contributed by atoms with van der Waals surface area (Å²) in [5.41, 5.74) is 8.45. The van der Waals surface area contributed by atoms with Gasteiger partial charge >= 0.3 is 6.03 Å². The number of likely N-dealkylation sites (tertiary alicyclic amines) is 1. The van der Waals surface area contributed by atoms with E-state index in [0.29, 0.717) is 31.1 Å². The van der Waals surface area contributed by atoms with Crippen molar-refractivity contribution in [2.75, 3.05) is 26.2 Å². The van der Waals surface area contributed by atoms with E-state index in [1.165, 1.54) is 13.8 Å². The fourth-order valence-electron chi connectivity index (χ4n) is 3.67. The number of amides is 7. The molecule has 39 heavy (non-hydrogen) atoms. The van der Waals surface area contributed by atoms with Crippen molar-refractivity contribution in [1.29, 1.82) is 0 Å². The third kappa shape index (κ3) is 11.2. The van der Waals surface area contributed by atoms with E-state index in [1.807, 2.05) is 30.3 Å². The van der Waals surface area contributed by atoms with Gasteiger partial charge in [-0.25, -0.2) is 9.80 Å². The van der Waals surface area contributed by atoms with Crippen LogP contribution in [0.4, 0.5) is 4.79 Å². The van der Waals surface area contributed by atoms with Gasteiger partial charge in [0.05, 0.1) is 0 Å². The maximum atomic E-state index is 12.6. The molecule has 0 spiro atoms. The molecular formula is C26H37N7O6. The summed E-state index contributed by atoms with van der Waals surface area (Å²) < 4.78 is 0. The van der Waals surface area contributed by atoms with Crippen LogP contribution in [-0.2, 0) is 30.4 Å². The highest BCUT2D eigenvalue weighted by Gasteiger charge is 2.25. The lowest BCUT2D eigenvalue weighted by Gasteiger charge is -2.28. The van der Waals surface area contributed by atoms with Crippen LogP contribution < -0.4 is 27.1 Å². The van der Waals surface area contributed by atoms with Gasteiger partial charge in [0.15, 0.2) is 0 Å². The second-order valence-electron chi connectivity index (χ2n) is 9.18. The Morgan fingerprint density at radius 3 is 2.21 bits per heavy atom. The smallest absolute Gasteiger partial charge is 0.318 e. The van der Waals surface area contributed by atoms with Crippen LogP contribution in [0.15, 0.2) is 42.5 Å². The van der Waals surface area contributed by atoms with E-state index in [0.717, 1.165) is 37.0 Å². The van der Waals surface area contributed by atoms with Gasteiger partial charge in [-0.3, -0.25) is 29.4 Å². The normalized spacial score (nSPS) is 14.6. The highest BCUT2D eigenvalue weighted by molar-refractivity contribution is 5.99. The zero-order valence-corrected chi connectivity index (χ0v) is 22.3. The molecule has 1 saturated heterocycles. The second-order valence-corrected chi connectivity index (χ2v) is 9.18. The highest BCUT2D eigenvalue weighted by atomic mass is 16.2. The van der Waals surface area contributed by atoms with E-state index in [9.17, 15) is 28.8 Å². The molecule has 2 rings (SSSR count). The van der Waals surface area contributed by atoms with Crippen LogP contribution in [0.2, 0.25) is 0 Å². The summed E-state index contributed by atoms with van der Waals surface area (Å²) in [6, 6.07) is 7.11. The fraction of sp³-hybridized carbons (Fsp3) is 0.462. The number of carbonyl (C=O) groups is 6. The SMILES string of the molecule is C[C@H](NC(=O)[C@@H](C)NC(=O)N1CCCCC1)C(=O)NN(CC(N)=O)C(=O)/C=C/C(=O)NCCc1ccccc1. The van der Waals surface area contributed by atoms with Crippen molar-refractivity contribution in [2.24, 2.45) is 5.73 Å². The van der Waals surface area contributed by atoms with Gasteiger partial charge in [-0.1, -0.05) is 30.3 Å². The first-order chi connectivity index (χ1) is 18.6. The van der Waals surface area contributed by atoms with Gasteiger partial charge in [0.1, 0.15) is 18.6 Å². The maximum absolute atomic E-state index is 12.6. The number of nitrogens with two attached hydrogens (primary N) is 1. The molecular weight excluding hydrogens is 506 g/mol. The number of hydrogen-bond acceptors (Lipinski definition) is 6. The molecule has 6 N–H and O–H groups in total. The predicted octanol–water partition coefficient (Wildman–Crippen LogP) is -0.665. The molecule has 1 aromatic rings. The first-order valence-electron chi connectivity index (χ1n) is 12.8. The third-order valence-electron chi connectivity index (χ3n) is 5.89. The van der Waals surface area contributed by atoms with Gasteiger partial charge in [-0.2, -0.15) is 0 Å². The third-order valence-corrected chi connectivity index (χ3v) is 5.89. The number of piperidine rings is 1. The maximum Gasteiger partial charge on any atom is 0.318 e. The largest absolute Gasteiger partial charge is 0.368 e. The van der Waals surface area contributed by atoms with Crippen LogP contribution >= 0.6 is 0 Å². The van der Waals surface area contributed by atoms with Gasteiger partial charge in [-0.05, 0) is 45.1 Å². The van der Waals surface area contributed by atoms with Crippen LogP contribution in [0.3, 0.4) is 0 Å². The van der Waals surface area contributed by atoms with Gasteiger partial charge < -0.3 is 26.6 Å². The summed E-state index contributed by atoms with van der Waals surface area (Å²) in [6.07, 6.45) is 5.33. The first-order valence-corrected chi connectivity index (χ1v) is 12.8. The summed E-state index contributed by atoms with van der Waals surface area (Å²) in [4.78, 5) is 75.1.